The molecule has 1 aliphatic heterocycles. The maximum atomic E-state index is 13.5. The van der Waals surface area contributed by atoms with E-state index in [0.29, 0.717) is 28.1 Å². The molecule has 0 spiro atoms. The summed E-state index contributed by atoms with van der Waals surface area (Å²) < 4.78 is 21.0. The van der Waals surface area contributed by atoms with Gasteiger partial charge in [-0.3, -0.25) is 23.9 Å². The number of fused-ring (bicyclic) bond motifs is 1. The minimum atomic E-state index is -0.631. The number of nitrogens with zero attached hydrogens (tertiary/aromatic N) is 5. The number of carbonyl (C=O) groups excluding carboxylic acids is 2. The smallest absolute Gasteiger partial charge is 0.270 e. The third-order valence-electron chi connectivity index (χ3n) is 8.13. The van der Waals surface area contributed by atoms with Crippen molar-refractivity contribution in [2.45, 2.75) is 38.6 Å². The maximum Gasteiger partial charge on any atom is 0.270 e. The summed E-state index contributed by atoms with van der Waals surface area (Å²) in [4.78, 5) is 54.8. The van der Waals surface area contributed by atoms with E-state index in [1.54, 1.807) is 48.9 Å². The summed E-state index contributed by atoms with van der Waals surface area (Å²) in [7, 11) is 2.07. The van der Waals surface area contributed by atoms with Crippen molar-refractivity contribution in [1.82, 2.24) is 29.7 Å². The summed E-state index contributed by atoms with van der Waals surface area (Å²) in [5.41, 5.74) is 1.41. The molecule has 1 aromatic carbocycles. The number of ether oxygens (including phenoxy) is 1. The van der Waals surface area contributed by atoms with Gasteiger partial charge in [0.1, 0.15) is 34.4 Å². The lowest BCUT2D eigenvalue weighted by Crippen LogP contribution is -2.43. The topological polar surface area (TPSA) is 131 Å². The molecule has 0 radical (unpaired) electrons. The van der Waals surface area contributed by atoms with Gasteiger partial charge in [-0.2, -0.15) is 0 Å². The summed E-state index contributed by atoms with van der Waals surface area (Å²) >= 11 is 0. The number of likely N-dealkylation sites (tertiary alicyclic amines) is 1. The Kier molecular flexibility index (Phi) is 9.03. The molecule has 1 saturated heterocycles. The molecule has 12 heteroatoms. The van der Waals surface area contributed by atoms with Crippen LogP contribution in [-0.4, -0.2) is 62.4 Å². The number of carbonyl (C=O) groups is 2. The van der Waals surface area contributed by atoms with E-state index in [-0.39, 0.29) is 34.9 Å². The van der Waals surface area contributed by atoms with Gasteiger partial charge >= 0.3 is 0 Å². The number of rotatable bonds is 8. The summed E-state index contributed by atoms with van der Waals surface area (Å²) in [6.45, 7) is 5.75. The first-order valence-corrected chi connectivity index (χ1v) is 15.4. The molecule has 240 valence electrons. The molecule has 2 amide bonds. The number of benzene rings is 1. The molecular formula is C35H34FN7O4. The SMILES string of the molecule is CC(C)c1cc(C(=O)Nc2ccc(Oc3ccnc4cnc(C(=O)NC5CCN(C)CC5)cc34)cn2)c(=O)n(-c2ccc(F)cc2)c1. The van der Waals surface area contributed by atoms with Crippen molar-refractivity contribution in [2.75, 3.05) is 25.5 Å². The van der Waals surface area contributed by atoms with Gasteiger partial charge in [0.15, 0.2) is 0 Å². The monoisotopic (exact) mass is 635 g/mol. The fraction of sp³-hybridized carbons (Fsp3) is 0.257. The van der Waals surface area contributed by atoms with Crippen molar-refractivity contribution >= 4 is 28.5 Å². The summed E-state index contributed by atoms with van der Waals surface area (Å²) in [6.07, 6.45) is 8.00. The molecule has 5 heterocycles. The van der Waals surface area contributed by atoms with Crippen molar-refractivity contribution < 1.29 is 18.7 Å². The number of amides is 2. The van der Waals surface area contributed by atoms with Crippen LogP contribution < -0.4 is 20.9 Å². The van der Waals surface area contributed by atoms with Crippen molar-refractivity contribution in [3.05, 3.63) is 112 Å². The first-order valence-electron chi connectivity index (χ1n) is 15.4. The third kappa shape index (κ3) is 7.17. The van der Waals surface area contributed by atoms with Crippen molar-refractivity contribution in [1.29, 1.82) is 0 Å². The Labute approximate surface area is 270 Å². The van der Waals surface area contributed by atoms with E-state index in [9.17, 15) is 18.8 Å². The number of anilines is 1. The van der Waals surface area contributed by atoms with Crippen molar-refractivity contribution in [3.63, 3.8) is 0 Å². The van der Waals surface area contributed by atoms with Gasteiger partial charge in [0, 0.05) is 29.5 Å². The quantitative estimate of drug-likeness (QED) is 0.235. The first kappa shape index (κ1) is 31.5. The third-order valence-corrected chi connectivity index (χ3v) is 8.13. The zero-order chi connectivity index (χ0) is 33.1. The number of halogens is 1. The van der Waals surface area contributed by atoms with Gasteiger partial charge in [-0.25, -0.2) is 14.4 Å². The molecule has 6 rings (SSSR count). The minimum absolute atomic E-state index is 0.0214. The van der Waals surface area contributed by atoms with E-state index < -0.39 is 17.3 Å². The van der Waals surface area contributed by atoms with Crippen LogP contribution in [0.15, 0.2) is 84.2 Å². The van der Waals surface area contributed by atoms with Gasteiger partial charge in [-0.15, -0.1) is 0 Å². The summed E-state index contributed by atoms with van der Waals surface area (Å²) in [6, 6.07) is 13.7. The molecule has 5 aromatic rings. The molecule has 0 saturated carbocycles. The van der Waals surface area contributed by atoms with Crippen LogP contribution in [0.3, 0.4) is 0 Å². The van der Waals surface area contributed by atoms with E-state index in [1.807, 2.05) is 13.8 Å². The molecule has 2 N–H and O–H groups in total. The molecule has 0 aliphatic carbocycles. The molecule has 0 bridgehead atoms. The Morgan fingerprint density at radius 2 is 1.72 bits per heavy atom. The molecule has 4 aromatic heterocycles. The van der Waals surface area contributed by atoms with Crippen molar-refractivity contribution in [2.24, 2.45) is 0 Å². The maximum absolute atomic E-state index is 13.5. The van der Waals surface area contributed by atoms with Crippen LogP contribution in [0.1, 0.15) is 59.0 Å². The van der Waals surface area contributed by atoms with E-state index in [4.69, 9.17) is 4.74 Å². The second-order valence-corrected chi connectivity index (χ2v) is 11.9. The van der Waals surface area contributed by atoms with Gasteiger partial charge in [-0.05, 0) is 99.1 Å². The lowest BCUT2D eigenvalue weighted by atomic mass is 10.0. The molecule has 47 heavy (non-hydrogen) atoms. The van der Waals surface area contributed by atoms with Crippen molar-refractivity contribution in [3.8, 4) is 17.2 Å². The standard InChI is InChI=1S/C35H34FN7O4/c1-21(2)22-16-28(35(46)43(20-22)25-6-4-23(36)5-7-25)33(44)41-32-9-8-26(18-39-32)47-31-10-13-37-30-19-38-29(17-27(30)31)34(45)40-24-11-14-42(3)15-12-24/h4-10,13,16-21,24H,11-12,14-15H2,1-3H3,(H,40,45)(H,39,41,44). The number of hydrogen-bond donors (Lipinski definition) is 2. The zero-order valence-electron chi connectivity index (χ0n) is 26.2. The summed E-state index contributed by atoms with van der Waals surface area (Å²) in [5, 5.41) is 6.37. The van der Waals surface area contributed by atoms with Crippen LogP contribution in [0.5, 0.6) is 11.5 Å². The average molecular weight is 636 g/mol. The lowest BCUT2D eigenvalue weighted by molar-refractivity contribution is 0.0911. The fourth-order valence-electron chi connectivity index (χ4n) is 5.35. The zero-order valence-corrected chi connectivity index (χ0v) is 26.2. The van der Waals surface area contributed by atoms with E-state index in [2.05, 4.69) is 37.5 Å². The lowest BCUT2D eigenvalue weighted by Gasteiger charge is -2.29. The Morgan fingerprint density at radius 3 is 2.43 bits per heavy atom. The average Bonchev–Trinajstić information content (AvgIpc) is 3.07. The Balaban J connectivity index is 1.18. The van der Waals surface area contributed by atoms with Crippen LogP contribution in [0.25, 0.3) is 16.6 Å². The van der Waals surface area contributed by atoms with Gasteiger partial charge in [-0.1, -0.05) is 13.8 Å². The number of pyridine rings is 4. The van der Waals surface area contributed by atoms with Gasteiger partial charge in [0.2, 0.25) is 0 Å². The molecule has 0 atom stereocenters. The highest BCUT2D eigenvalue weighted by atomic mass is 19.1. The number of aromatic nitrogens is 4. The molecular weight excluding hydrogens is 601 g/mol. The second kappa shape index (κ2) is 13.5. The predicted molar refractivity (Wildman–Crippen MR) is 176 cm³/mol. The Morgan fingerprint density at radius 1 is 0.957 bits per heavy atom. The molecule has 1 fully saturated rings. The minimum Gasteiger partial charge on any atom is -0.455 e. The van der Waals surface area contributed by atoms with Crippen LogP contribution >= 0.6 is 0 Å². The van der Waals surface area contributed by atoms with E-state index in [0.717, 1.165) is 31.5 Å². The summed E-state index contributed by atoms with van der Waals surface area (Å²) in [5.74, 6) is -0.242. The van der Waals surface area contributed by atoms with E-state index in [1.165, 1.54) is 35.0 Å². The van der Waals surface area contributed by atoms with Crippen LogP contribution in [0.2, 0.25) is 0 Å². The predicted octanol–water partition coefficient (Wildman–Crippen LogP) is 5.31. The molecule has 1 aliphatic rings. The normalized spacial score (nSPS) is 13.9. The van der Waals surface area contributed by atoms with Gasteiger partial charge in [0.05, 0.1) is 17.9 Å². The van der Waals surface area contributed by atoms with E-state index >= 15 is 0 Å². The number of piperidine rings is 1. The fourth-order valence-corrected chi connectivity index (χ4v) is 5.35. The van der Waals surface area contributed by atoms with Crippen LogP contribution in [0, 0.1) is 5.82 Å². The number of nitrogens with one attached hydrogen (secondary N) is 2. The molecule has 11 nitrogen and oxygen atoms in total. The largest absolute Gasteiger partial charge is 0.455 e. The molecule has 0 unspecified atom stereocenters. The first-order chi connectivity index (χ1) is 22.6. The highest BCUT2D eigenvalue weighted by Gasteiger charge is 2.21. The second-order valence-electron chi connectivity index (χ2n) is 11.9. The Hall–Kier alpha value is -5.49. The van der Waals surface area contributed by atoms with Crippen LogP contribution in [-0.2, 0) is 0 Å². The highest BCUT2D eigenvalue weighted by molar-refractivity contribution is 6.03. The highest BCUT2D eigenvalue weighted by Crippen LogP contribution is 2.29. The van der Waals surface area contributed by atoms with Gasteiger partial charge < -0.3 is 20.3 Å². The number of hydrogen-bond acceptors (Lipinski definition) is 8. The van der Waals surface area contributed by atoms with Crippen LogP contribution in [0.4, 0.5) is 10.2 Å². The Bertz CT molecular complexity index is 1990. The van der Waals surface area contributed by atoms with Gasteiger partial charge in [0.25, 0.3) is 17.4 Å².